The minimum absolute atomic E-state index is 0.339. The SMILES string of the molecule is O=c1[nH]nc2ccc(NCC(O)C3CC3)nn12. The summed E-state index contributed by atoms with van der Waals surface area (Å²) in [5.41, 5.74) is 0.106. The van der Waals surface area contributed by atoms with Gasteiger partial charge in [-0.3, -0.25) is 0 Å². The Kier molecular flexibility index (Phi) is 2.32. The van der Waals surface area contributed by atoms with Gasteiger partial charge in [0.2, 0.25) is 0 Å². The molecule has 0 aliphatic heterocycles. The first-order valence-corrected chi connectivity index (χ1v) is 5.60. The molecule has 0 aromatic carbocycles. The predicted molar refractivity (Wildman–Crippen MR) is 60.8 cm³/mol. The van der Waals surface area contributed by atoms with Crippen LogP contribution < -0.4 is 11.0 Å². The molecule has 7 heteroatoms. The largest absolute Gasteiger partial charge is 0.391 e. The maximum absolute atomic E-state index is 11.3. The van der Waals surface area contributed by atoms with Crippen molar-refractivity contribution in [1.82, 2.24) is 19.8 Å². The van der Waals surface area contributed by atoms with E-state index < -0.39 is 0 Å². The van der Waals surface area contributed by atoms with Gasteiger partial charge < -0.3 is 10.4 Å². The van der Waals surface area contributed by atoms with E-state index in [1.165, 1.54) is 4.52 Å². The quantitative estimate of drug-likeness (QED) is 0.670. The number of fused-ring (bicyclic) bond motifs is 1. The maximum atomic E-state index is 11.3. The lowest BCUT2D eigenvalue weighted by atomic mass is 10.2. The lowest BCUT2D eigenvalue weighted by molar-refractivity contribution is 0.164. The summed E-state index contributed by atoms with van der Waals surface area (Å²) in [6.07, 6.45) is 1.85. The van der Waals surface area contributed by atoms with Crippen LogP contribution in [0.2, 0.25) is 0 Å². The first-order chi connectivity index (χ1) is 8.24. The van der Waals surface area contributed by atoms with Crippen molar-refractivity contribution >= 4 is 11.5 Å². The zero-order valence-corrected chi connectivity index (χ0v) is 9.13. The topological polar surface area (TPSA) is 95.3 Å². The van der Waals surface area contributed by atoms with Crippen molar-refractivity contribution in [3.05, 3.63) is 22.6 Å². The van der Waals surface area contributed by atoms with E-state index >= 15 is 0 Å². The zero-order valence-electron chi connectivity index (χ0n) is 9.13. The fourth-order valence-electron chi connectivity index (χ4n) is 1.75. The highest BCUT2D eigenvalue weighted by Crippen LogP contribution is 2.32. The van der Waals surface area contributed by atoms with E-state index in [1.54, 1.807) is 12.1 Å². The van der Waals surface area contributed by atoms with E-state index in [1.807, 2.05) is 0 Å². The van der Waals surface area contributed by atoms with Gasteiger partial charge in [-0.05, 0) is 30.9 Å². The lowest BCUT2D eigenvalue weighted by Crippen LogP contribution is -2.22. The number of rotatable bonds is 4. The van der Waals surface area contributed by atoms with Gasteiger partial charge in [-0.2, -0.15) is 9.61 Å². The van der Waals surface area contributed by atoms with E-state index in [-0.39, 0.29) is 11.8 Å². The molecule has 1 aliphatic carbocycles. The highest BCUT2D eigenvalue weighted by atomic mass is 16.3. The average Bonchev–Trinajstić information content (AvgIpc) is 3.12. The number of aliphatic hydroxyl groups is 1. The Balaban J connectivity index is 1.75. The van der Waals surface area contributed by atoms with Crippen molar-refractivity contribution in [1.29, 1.82) is 0 Å². The van der Waals surface area contributed by atoms with Crippen molar-refractivity contribution in [2.24, 2.45) is 5.92 Å². The number of H-pyrrole nitrogens is 1. The van der Waals surface area contributed by atoms with Crippen LogP contribution in [0.25, 0.3) is 5.65 Å². The molecular weight excluding hydrogens is 222 g/mol. The molecule has 90 valence electrons. The number of hydrogen-bond donors (Lipinski definition) is 3. The standard InChI is InChI=1S/C10H13N5O2/c16-7(6-1-2-6)5-11-8-3-4-9-12-13-10(17)15(9)14-8/h3-4,6-7,16H,1-2,5H2,(H,11,14)(H,13,17). The third-order valence-electron chi connectivity index (χ3n) is 2.93. The molecule has 0 radical (unpaired) electrons. The van der Waals surface area contributed by atoms with Crippen LogP contribution in [-0.2, 0) is 0 Å². The van der Waals surface area contributed by atoms with Crippen molar-refractivity contribution in [2.45, 2.75) is 18.9 Å². The summed E-state index contributed by atoms with van der Waals surface area (Å²) in [4.78, 5) is 11.3. The van der Waals surface area contributed by atoms with E-state index in [2.05, 4.69) is 20.6 Å². The molecule has 2 aromatic heterocycles. The first kappa shape index (κ1) is 10.3. The van der Waals surface area contributed by atoms with E-state index in [0.29, 0.717) is 23.9 Å². The van der Waals surface area contributed by atoms with Gasteiger partial charge in [-0.15, -0.1) is 5.10 Å². The Labute approximate surface area is 96.5 Å². The van der Waals surface area contributed by atoms with Crippen LogP contribution in [0.4, 0.5) is 5.82 Å². The molecule has 0 bridgehead atoms. The number of aliphatic hydroxyl groups excluding tert-OH is 1. The predicted octanol–water partition coefficient (Wildman–Crippen LogP) is -0.400. The van der Waals surface area contributed by atoms with Gasteiger partial charge in [0.1, 0.15) is 5.82 Å². The highest BCUT2D eigenvalue weighted by molar-refractivity contribution is 5.42. The van der Waals surface area contributed by atoms with Gasteiger partial charge in [0.15, 0.2) is 5.65 Å². The average molecular weight is 235 g/mol. The molecule has 17 heavy (non-hydrogen) atoms. The van der Waals surface area contributed by atoms with Crippen LogP contribution in [0.3, 0.4) is 0 Å². The maximum Gasteiger partial charge on any atom is 0.364 e. The number of aromatic nitrogens is 4. The Hall–Kier alpha value is -1.89. The number of aromatic amines is 1. The fraction of sp³-hybridized carbons (Fsp3) is 0.500. The summed E-state index contributed by atoms with van der Waals surface area (Å²) < 4.78 is 1.19. The molecule has 1 aliphatic rings. The van der Waals surface area contributed by atoms with Crippen LogP contribution in [0, 0.1) is 5.92 Å². The molecule has 0 amide bonds. The molecule has 7 nitrogen and oxygen atoms in total. The van der Waals surface area contributed by atoms with E-state index in [9.17, 15) is 9.90 Å². The number of anilines is 1. The van der Waals surface area contributed by atoms with E-state index in [0.717, 1.165) is 12.8 Å². The van der Waals surface area contributed by atoms with Gasteiger partial charge in [0.25, 0.3) is 0 Å². The molecule has 3 rings (SSSR count). The monoisotopic (exact) mass is 235 g/mol. The summed E-state index contributed by atoms with van der Waals surface area (Å²) in [5, 5.41) is 22.9. The number of hydrogen-bond acceptors (Lipinski definition) is 5. The second-order valence-electron chi connectivity index (χ2n) is 4.30. The Morgan fingerprint density at radius 3 is 3.18 bits per heavy atom. The summed E-state index contributed by atoms with van der Waals surface area (Å²) in [7, 11) is 0. The van der Waals surface area contributed by atoms with Gasteiger partial charge >= 0.3 is 5.69 Å². The Morgan fingerprint density at radius 2 is 2.41 bits per heavy atom. The molecule has 3 N–H and O–H groups in total. The third kappa shape index (κ3) is 2.01. The van der Waals surface area contributed by atoms with Gasteiger partial charge in [0, 0.05) is 6.54 Å². The normalized spacial score (nSPS) is 17.2. The molecule has 1 fully saturated rings. The van der Waals surface area contributed by atoms with E-state index in [4.69, 9.17) is 0 Å². The van der Waals surface area contributed by atoms with Crippen molar-refractivity contribution in [2.75, 3.05) is 11.9 Å². The van der Waals surface area contributed by atoms with Crippen LogP contribution in [0.15, 0.2) is 16.9 Å². The third-order valence-corrected chi connectivity index (χ3v) is 2.93. The molecular formula is C10H13N5O2. The summed E-state index contributed by atoms with van der Waals surface area (Å²) in [6, 6.07) is 3.42. The Morgan fingerprint density at radius 1 is 1.59 bits per heavy atom. The summed E-state index contributed by atoms with van der Waals surface area (Å²) >= 11 is 0. The lowest BCUT2D eigenvalue weighted by Gasteiger charge is -2.10. The minimum Gasteiger partial charge on any atom is -0.391 e. The second-order valence-corrected chi connectivity index (χ2v) is 4.30. The van der Waals surface area contributed by atoms with Crippen molar-refractivity contribution in [3.63, 3.8) is 0 Å². The molecule has 2 heterocycles. The van der Waals surface area contributed by atoms with Crippen LogP contribution in [0.1, 0.15) is 12.8 Å². The molecule has 1 unspecified atom stereocenters. The summed E-state index contributed by atoms with van der Waals surface area (Å²) in [5.74, 6) is 0.976. The zero-order chi connectivity index (χ0) is 11.8. The summed E-state index contributed by atoms with van der Waals surface area (Å²) in [6.45, 7) is 0.454. The highest BCUT2D eigenvalue weighted by Gasteiger charge is 2.29. The molecule has 1 atom stereocenters. The van der Waals surface area contributed by atoms with Gasteiger partial charge in [0.05, 0.1) is 6.10 Å². The van der Waals surface area contributed by atoms with Crippen LogP contribution in [-0.4, -0.2) is 37.6 Å². The Bertz CT molecular complexity index is 586. The minimum atomic E-state index is -0.369. The molecule has 0 saturated heterocycles. The smallest absolute Gasteiger partial charge is 0.364 e. The fourth-order valence-corrected chi connectivity index (χ4v) is 1.75. The van der Waals surface area contributed by atoms with Crippen molar-refractivity contribution < 1.29 is 5.11 Å². The molecule has 0 spiro atoms. The number of nitrogens with zero attached hydrogens (tertiary/aromatic N) is 3. The second kappa shape index (κ2) is 3.85. The molecule has 1 saturated carbocycles. The van der Waals surface area contributed by atoms with Gasteiger partial charge in [-0.1, -0.05) is 0 Å². The molecule has 2 aromatic rings. The van der Waals surface area contributed by atoms with Gasteiger partial charge in [-0.25, -0.2) is 9.89 Å². The first-order valence-electron chi connectivity index (χ1n) is 5.60. The number of nitrogens with one attached hydrogen (secondary N) is 2. The van der Waals surface area contributed by atoms with Crippen molar-refractivity contribution in [3.8, 4) is 0 Å². The van der Waals surface area contributed by atoms with Crippen LogP contribution >= 0.6 is 0 Å². The van der Waals surface area contributed by atoms with Crippen LogP contribution in [0.5, 0.6) is 0 Å².